The Balaban J connectivity index is 1.58. The first-order chi connectivity index (χ1) is 18.7. The number of anilines is 1. The van der Waals surface area contributed by atoms with E-state index >= 15 is 0 Å². The zero-order chi connectivity index (χ0) is 27.8. The van der Waals surface area contributed by atoms with E-state index in [9.17, 15) is 19.5 Å². The number of para-hydroxylation sites is 2. The molecule has 2 heterocycles. The molecule has 0 amide bonds. The van der Waals surface area contributed by atoms with Gasteiger partial charge < -0.3 is 15.0 Å². The second kappa shape index (κ2) is 10.3. The Kier molecular flexibility index (Phi) is 6.89. The summed E-state index contributed by atoms with van der Waals surface area (Å²) in [6, 6.07) is 22.3. The number of aromatic nitrogens is 3. The summed E-state index contributed by atoms with van der Waals surface area (Å²) in [4.78, 5) is 40.4. The number of pyridine rings is 1. The van der Waals surface area contributed by atoms with Gasteiger partial charge in [-0.15, -0.1) is 0 Å². The number of aromatic hydroxyl groups is 1. The maximum absolute atomic E-state index is 13.7. The molecule has 0 saturated heterocycles. The molecule has 2 aromatic heterocycles. The number of benzene rings is 3. The number of nitrogens with zero attached hydrogens (tertiary/aromatic N) is 3. The van der Waals surface area contributed by atoms with E-state index in [1.807, 2.05) is 37.3 Å². The van der Waals surface area contributed by atoms with Crippen LogP contribution in [0.1, 0.15) is 34.1 Å². The van der Waals surface area contributed by atoms with Crippen LogP contribution in [0.2, 0.25) is 5.02 Å². The molecular formula is C30H27ClN4O4. The Morgan fingerprint density at radius 3 is 2.26 bits per heavy atom. The molecule has 8 nitrogen and oxygen atoms in total. The number of Topliss-reactive ketones (excluding diaryl/α,β-unsaturated/α-hetero) is 1. The Labute approximate surface area is 229 Å². The predicted molar refractivity (Wildman–Crippen MR) is 153 cm³/mol. The molecule has 0 aliphatic heterocycles. The number of carbonyl (C=O) groups excluding carboxylic acids is 1. The van der Waals surface area contributed by atoms with E-state index in [0.717, 1.165) is 0 Å². The van der Waals surface area contributed by atoms with Gasteiger partial charge in [0.1, 0.15) is 17.0 Å². The van der Waals surface area contributed by atoms with Crippen molar-refractivity contribution in [1.29, 1.82) is 0 Å². The average Bonchev–Trinajstić information content (AvgIpc) is 3.15. The van der Waals surface area contributed by atoms with Crippen molar-refractivity contribution in [2.75, 3.05) is 5.32 Å². The van der Waals surface area contributed by atoms with Gasteiger partial charge >= 0.3 is 0 Å². The van der Waals surface area contributed by atoms with Gasteiger partial charge in [-0.2, -0.15) is 0 Å². The molecule has 3 aromatic carbocycles. The van der Waals surface area contributed by atoms with Crippen LogP contribution in [0.25, 0.3) is 16.6 Å². The molecule has 0 saturated carbocycles. The summed E-state index contributed by atoms with van der Waals surface area (Å²) in [5.74, 6) is -0.904. The largest absolute Gasteiger partial charge is 0.506 e. The van der Waals surface area contributed by atoms with Gasteiger partial charge in [0.2, 0.25) is 0 Å². The Bertz CT molecular complexity index is 1820. The number of rotatable bonds is 7. The zero-order valence-electron chi connectivity index (χ0n) is 21.7. The fraction of sp³-hybridized carbons (Fsp3) is 0.167. The highest BCUT2D eigenvalue weighted by atomic mass is 35.5. The van der Waals surface area contributed by atoms with Crippen LogP contribution in [-0.2, 0) is 14.1 Å². The summed E-state index contributed by atoms with van der Waals surface area (Å²) in [6.45, 7) is 1.81. The van der Waals surface area contributed by atoms with Crippen LogP contribution in [0.5, 0.6) is 5.75 Å². The summed E-state index contributed by atoms with van der Waals surface area (Å²) in [7, 11) is 3.35. The van der Waals surface area contributed by atoms with Crippen LogP contribution in [0.4, 0.5) is 5.69 Å². The second-order valence-electron chi connectivity index (χ2n) is 9.42. The normalized spacial score (nSPS) is 12.0. The van der Waals surface area contributed by atoms with Crippen LogP contribution in [0, 0.1) is 6.92 Å². The summed E-state index contributed by atoms with van der Waals surface area (Å²) in [6.07, 6.45) is -0.193. The lowest BCUT2D eigenvalue weighted by molar-refractivity contribution is 0.0972. The highest BCUT2D eigenvalue weighted by Crippen LogP contribution is 2.30. The molecule has 5 rings (SSSR count). The van der Waals surface area contributed by atoms with E-state index in [0.29, 0.717) is 38.6 Å². The fourth-order valence-corrected chi connectivity index (χ4v) is 5.00. The molecule has 2 N–H and O–H groups in total. The Morgan fingerprint density at radius 1 is 0.923 bits per heavy atom. The fourth-order valence-electron chi connectivity index (χ4n) is 4.87. The number of ketones is 1. The van der Waals surface area contributed by atoms with Crippen molar-refractivity contribution in [2.45, 2.75) is 19.4 Å². The monoisotopic (exact) mass is 542 g/mol. The Morgan fingerprint density at radius 2 is 1.56 bits per heavy atom. The van der Waals surface area contributed by atoms with E-state index in [1.54, 1.807) is 72.0 Å². The van der Waals surface area contributed by atoms with Crippen molar-refractivity contribution in [3.05, 3.63) is 121 Å². The third-order valence-corrected chi connectivity index (χ3v) is 7.34. The number of aryl methyl sites for hydroxylation is 1. The van der Waals surface area contributed by atoms with Crippen molar-refractivity contribution in [1.82, 2.24) is 13.9 Å². The van der Waals surface area contributed by atoms with Crippen molar-refractivity contribution in [3.8, 4) is 11.4 Å². The molecule has 0 aliphatic carbocycles. The van der Waals surface area contributed by atoms with Gasteiger partial charge in [-0.3, -0.25) is 19.1 Å². The van der Waals surface area contributed by atoms with E-state index < -0.39 is 17.4 Å². The first-order valence-electron chi connectivity index (χ1n) is 12.4. The first-order valence-corrected chi connectivity index (χ1v) is 12.8. The van der Waals surface area contributed by atoms with Crippen LogP contribution >= 0.6 is 11.6 Å². The predicted octanol–water partition coefficient (Wildman–Crippen LogP) is 5.12. The van der Waals surface area contributed by atoms with Crippen molar-refractivity contribution < 1.29 is 9.90 Å². The van der Waals surface area contributed by atoms with E-state index in [-0.39, 0.29) is 23.3 Å². The van der Waals surface area contributed by atoms with Crippen LogP contribution in [-0.4, -0.2) is 24.8 Å². The van der Waals surface area contributed by atoms with Crippen molar-refractivity contribution in [3.63, 3.8) is 0 Å². The molecular weight excluding hydrogens is 516 g/mol. The van der Waals surface area contributed by atoms with Gasteiger partial charge in [0.05, 0.1) is 22.9 Å². The topological polar surface area (TPSA) is 98.3 Å². The summed E-state index contributed by atoms with van der Waals surface area (Å²) >= 11 is 6.11. The van der Waals surface area contributed by atoms with E-state index in [4.69, 9.17) is 11.6 Å². The molecule has 9 heteroatoms. The SMILES string of the molecule is Cc1c(N[C@H](CC(=O)c2c(O)c3ccccc3n(C)c2=O)c2ccc(Cl)cc2)c(=O)n(-c2ccccc2)n1C. The number of carbonyl (C=O) groups is 1. The maximum Gasteiger partial charge on any atom is 0.295 e. The molecule has 0 unspecified atom stereocenters. The molecule has 39 heavy (non-hydrogen) atoms. The number of hydrogen-bond acceptors (Lipinski definition) is 5. The minimum atomic E-state index is -0.691. The highest BCUT2D eigenvalue weighted by Gasteiger charge is 2.27. The van der Waals surface area contributed by atoms with Gasteiger partial charge in [-0.05, 0) is 48.9 Å². The molecule has 0 bridgehead atoms. The zero-order valence-corrected chi connectivity index (χ0v) is 22.4. The van der Waals surface area contributed by atoms with Crippen molar-refractivity contribution in [2.24, 2.45) is 14.1 Å². The van der Waals surface area contributed by atoms with E-state index in [2.05, 4.69) is 5.32 Å². The van der Waals surface area contributed by atoms with Crippen LogP contribution in [0.15, 0.2) is 88.5 Å². The molecule has 198 valence electrons. The smallest absolute Gasteiger partial charge is 0.295 e. The number of halogens is 1. The molecule has 0 radical (unpaired) electrons. The number of hydrogen-bond donors (Lipinski definition) is 2. The third kappa shape index (κ3) is 4.64. The minimum Gasteiger partial charge on any atom is -0.506 e. The Hall–Kier alpha value is -4.56. The molecule has 0 spiro atoms. The standard InChI is InChI=1S/C30H27ClN4O4/c1-18-27(30(39)35(34(18)3)21-9-5-4-6-10-21)32-23(19-13-15-20(31)16-14-19)17-25(36)26-28(37)22-11-7-8-12-24(22)33(2)29(26)38/h4-16,23,32,37H,17H2,1-3H3/t23-/m1/s1. The van der Waals surface area contributed by atoms with Gasteiger partial charge in [0.25, 0.3) is 11.1 Å². The summed E-state index contributed by atoms with van der Waals surface area (Å²) < 4.78 is 4.64. The lowest BCUT2D eigenvalue weighted by Gasteiger charge is -2.20. The molecule has 0 aliphatic rings. The van der Waals surface area contributed by atoms with Gasteiger partial charge in [-0.25, -0.2) is 4.68 Å². The van der Waals surface area contributed by atoms with Gasteiger partial charge in [0.15, 0.2) is 5.78 Å². The molecule has 5 aromatic rings. The number of nitrogens with one attached hydrogen (secondary N) is 1. The third-order valence-electron chi connectivity index (χ3n) is 7.09. The van der Waals surface area contributed by atoms with Crippen LogP contribution < -0.4 is 16.4 Å². The lowest BCUT2D eigenvalue weighted by atomic mass is 9.96. The first kappa shape index (κ1) is 26.1. The summed E-state index contributed by atoms with van der Waals surface area (Å²) in [5.41, 5.74) is 1.74. The quantitative estimate of drug-likeness (QED) is 0.278. The molecule has 0 fully saturated rings. The lowest BCUT2D eigenvalue weighted by Crippen LogP contribution is -2.27. The summed E-state index contributed by atoms with van der Waals surface area (Å²) in [5, 5.41) is 15.2. The second-order valence-corrected chi connectivity index (χ2v) is 9.85. The maximum atomic E-state index is 13.7. The van der Waals surface area contributed by atoms with Gasteiger partial charge in [-0.1, -0.05) is 54.1 Å². The number of fused-ring (bicyclic) bond motifs is 1. The average molecular weight is 543 g/mol. The molecule has 1 atom stereocenters. The van der Waals surface area contributed by atoms with Gasteiger partial charge in [0, 0.05) is 30.9 Å². The minimum absolute atomic E-state index is 0.193. The van der Waals surface area contributed by atoms with Crippen LogP contribution in [0.3, 0.4) is 0 Å². The highest BCUT2D eigenvalue weighted by molar-refractivity contribution is 6.30. The van der Waals surface area contributed by atoms with E-state index in [1.165, 1.54) is 4.57 Å². The van der Waals surface area contributed by atoms with Crippen molar-refractivity contribution >= 4 is 34.0 Å².